The summed E-state index contributed by atoms with van der Waals surface area (Å²) in [6.45, 7) is 5.21. The maximum Gasteiger partial charge on any atom is 0.221 e. The second-order valence-corrected chi connectivity index (χ2v) is 7.29. The van der Waals surface area contributed by atoms with Crippen LogP contribution in [-0.4, -0.2) is 44.8 Å². The van der Waals surface area contributed by atoms with Gasteiger partial charge in [0, 0.05) is 26.2 Å². The number of hydroxylamine groups is 2. The van der Waals surface area contributed by atoms with Gasteiger partial charge in [-0.1, -0.05) is 18.2 Å². The molecule has 0 saturated carbocycles. The Balaban J connectivity index is 2.24. The topological polar surface area (TPSA) is 87.7 Å². The van der Waals surface area contributed by atoms with Crippen LogP contribution in [0.4, 0.5) is 5.69 Å². The monoisotopic (exact) mass is 339 g/mol. The van der Waals surface area contributed by atoms with Gasteiger partial charge in [0.2, 0.25) is 15.9 Å². The summed E-state index contributed by atoms with van der Waals surface area (Å²) in [5, 5.41) is 3.50. The molecule has 2 rings (SSSR count). The van der Waals surface area contributed by atoms with Crippen LogP contribution in [0.3, 0.4) is 0 Å². The summed E-state index contributed by atoms with van der Waals surface area (Å²) in [5.74, 6) is -0.159. The summed E-state index contributed by atoms with van der Waals surface area (Å²) in [6.07, 6.45) is 1.49. The van der Waals surface area contributed by atoms with Crippen molar-refractivity contribution in [1.82, 2.24) is 9.79 Å². The zero-order valence-electron chi connectivity index (χ0n) is 13.2. The van der Waals surface area contributed by atoms with Gasteiger partial charge in [0.25, 0.3) is 0 Å². The maximum absolute atomic E-state index is 12.4. The fraction of sp³-hybridized carbons (Fsp3) is 0.400. The standard InChI is InChI=1S/C15H21N3O4S/c1-4-9-16-23(20,21)14-10-22-18(3)15(14)12-5-7-13(8-6-12)17-11(2)19/h4-8,14-16H,1,9-10H2,2-3H3,(H,17,19). The molecule has 1 aliphatic heterocycles. The van der Waals surface area contributed by atoms with Gasteiger partial charge in [-0.15, -0.1) is 6.58 Å². The highest BCUT2D eigenvalue weighted by atomic mass is 32.2. The predicted octanol–water partition coefficient (Wildman–Crippen LogP) is 1.04. The van der Waals surface area contributed by atoms with Gasteiger partial charge >= 0.3 is 0 Å². The molecule has 0 aromatic heterocycles. The average molecular weight is 339 g/mol. The molecule has 23 heavy (non-hydrogen) atoms. The van der Waals surface area contributed by atoms with Gasteiger partial charge in [-0.05, 0) is 17.7 Å². The van der Waals surface area contributed by atoms with Gasteiger partial charge in [-0.25, -0.2) is 13.1 Å². The van der Waals surface area contributed by atoms with Gasteiger partial charge in [-0.2, -0.15) is 5.06 Å². The number of nitrogens with one attached hydrogen (secondary N) is 2. The zero-order valence-corrected chi connectivity index (χ0v) is 14.0. The van der Waals surface area contributed by atoms with Gasteiger partial charge in [0.15, 0.2) is 0 Å². The van der Waals surface area contributed by atoms with Crippen LogP contribution in [0.25, 0.3) is 0 Å². The number of hydrogen-bond donors (Lipinski definition) is 2. The highest BCUT2D eigenvalue weighted by molar-refractivity contribution is 7.90. The third-order valence-electron chi connectivity index (χ3n) is 3.59. The SMILES string of the molecule is C=CCNS(=O)(=O)C1CON(C)C1c1ccc(NC(C)=O)cc1. The minimum absolute atomic E-state index is 0.0844. The quantitative estimate of drug-likeness (QED) is 0.756. The van der Waals surface area contributed by atoms with Crippen molar-refractivity contribution in [2.75, 3.05) is 25.5 Å². The van der Waals surface area contributed by atoms with Crippen molar-refractivity contribution in [3.63, 3.8) is 0 Å². The van der Waals surface area contributed by atoms with Gasteiger partial charge < -0.3 is 5.32 Å². The summed E-state index contributed by atoms with van der Waals surface area (Å²) < 4.78 is 27.3. The highest BCUT2D eigenvalue weighted by Gasteiger charge is 2.42. The Bertz CT molecular complexity index is 672. The molecule has 126 valence electrons. The van der Waals surface area contributed by atoms with Crippen molar-refractivity contribution in [3.8, 4) is 0 Å². The van der Waals surface area contributed by atoms with Crippen molar-refractivity contribution < 1.29 is 18.0 Å². The molecule has 2 atom stereocenters. The van der Waals surface area contributed by atoms with Crippen LogP contribution in [0.2, 0.25) is 0 Å². The Morgan fingerprint density at radius 1 is 1.43 bits per heavy atom. The smallest absolute Gasteiger partial charge is 0.221 e. The lowest BCUT2D eigenvalue weighted by molar-refractivity contribution is -0.114. The summed E-state index contributed by atoms with van der Waals surface area (Å²) in [6, 6.07) is 6.63. The van der Waals surface area contributed by atoms with E-state index < -0.39 is 21.3 Å². The molecular formula is C15H21N3O4S. The number of anilines is 1. The molecule has 1 aromatic rings. The molecule has 7 nitrogen and oxygen atoms in total. The van der Waals surface area contributed by atoms with Gasteiger partial charge in [0.1, 0.15) is 5.25 Å². The van der Waals surface area contributed by atoms with E-state index in [0.717, 1.165) is 5.56 Å². The van der Waals surface area contributed by atoms with E-state index >= 15 is 0 Å². The van der Waals surface area contributed by atoms with Crippen LogP contribution < -0.4 is 10.0 Å². The number of hydrogen-bond acceptors (Lipinski definition) is 5. The third-order valence-corrected chi connectivity index (χ3v) is 5.35. The minimum Gasteiger partial charge on any atom is -0.326 e. The molecule has 1 heterocycles. The largest absolute Gasteiger partial charge is 0.326 e. The first-order valence-electron chi connectivity index (χ1n) is 7.18. The van der Waals surface area contributed by atoms with Crippen molar-refractivity contribution in [2.45, 2.75) is 18.2 Å². The maximum atomic E-state index is 12.4. The molecule has 1 amide bonds. The van der Waals surface area contributed by atoms with E-state index in [9.17, 15) is 13.2 Å². The molecule has 2 N–H and O–H groups in total. The normalized spacial score (nSPS) is 22.0. The lowest BCUT2D eigenvalue weighted by Crippen LogP contribution is -2.39. The summed E-state index contributed by atoms with van der Waals surface area (Å²) >= 11 is 0. The van der Waals surface area contributed by atoms with E-state index in [-0.39, 0.29) is 19.1 Å². The zero-order chi connectivity index (χ0) is 17.0. The second-order valence-electron chi connectivity index (χ2n) is 5.31. The molecule has 1 fully saturated rings. The number of amides is 1. The van der Waals surface area contributed by atoms with E-state index in [1.165, 1.54) is 13.0 Å². The Morgan fingerprint density at radius 2 is 2.09 bits per heavy atom. The van der Waals surface area contributed by atoms with Crippen LogP contribution >= 0.6 is 0 Å². The molecule has 1 aromatic carbocycles. The number of carbonyl (C=O) groups excluding carboxylic acids is 1. The van der Waals surface area contributed by atoms with E-state index in [1.54, 1.807) is 36.4 Å². The Morgan fingerprint density at radius 3 is 2.65 bits per heavy atom. The Kier molecular flexibility index (Phi) is 5.53. The molecule has 0 radical (unpaired) electrons. The first kappa shape index (κ1) is 17.6. The van der Waals surface area contributed by atoms with Crippen LogP contribution in [0.15, 0.2) is 36.9 Å². The van der Waals surface area contributed by atoms with Gasteiger partial charge in [-0.3, -0.25) is 9.63 Å². The molecule has 0 bridgehead atoms. The van der Waals surface area contributed by atoms with Crippen LogP contribution in [0.1, 0.15) is 18.5 Å². The molecule has 0 spiro atoms. The average Bonchev–Trinajstić information content (AvgIpc) is 2.88. The molecule has 1 aliphatic rings. The number of carbonyl (C=O) groups is 1. The number of nitrogens with zero attached hydrogens (tertiary/aromatic N) is 1. The number of rotatable bonds is 6. The van der Waals surface area contributed by atoms with Crippen molar-refractivity contribution in [2.24, 2.45) is 0 Å². The van der Waals surface area contributed by atoms with E-state index in [1.807, 2.05) is 0 Å². The van der Waals surface area contributed by atoms with Crippen molar-refractivity contribution in [3.05, 3.63) is 42.5 Å². The second kappa shape index (κ2) is 7.22. The lowest BCUT2D eigenvalue weighted by Gasteiger charge is -2.23. The fourth-order valence-electron chi connectivity index (χ4n) is 2.53. The third kappa shape index (κ3) is 4.17. The van der Waals surface area contributed by atoms with Crippen LogP contribution in [0, 0.1) is 0 Å². The summed E-state index contributed by atoms with van der Waals surface area (Å²) in [4.78, 5) is 16.5. The molecule has 2 unspecified atom stereocenters. The highest BCUT2D eigenvalue weighted by Crippen LogP contribution is 2.33. The van der Waals surface area contributed by atoms with E-state index in [2.05, 4.69) is 16.6 Å². The fourth-order valence-corrected chi connectivity index (χ4v) is 4.00. The molecule has 1 saturated heterocycles. The van der Waals surface area contributed by atoms with Crippen LogP contribution in [-0.2, 0) is 19.7 Å². The Labute approximate surface area is 136 Å². The van der Waals surface area contributed by atoms with Crippen molar-refractivity contribution in [1.29, 1.82) is 0 Å². The summed E-state index contributed by atoms with van der Waals surface area (Å²) in [7, 11) is -1.84. The lowest BCUT2D eigenvalue weighted by atomic mass is 10.0. The molecule has 0 aliphatic carbocycles. The molecular weight excluding hydrogens is 318 g/mol. The first-order valence-corrected chi connectivity index (χ1v) is 8.72. The molecule has 8 heteroatoms. The number of sulfonamides is 1. The van der Waals surface area contributed by atoms with Crippen molar-refractivity contribution >= 4 is 21.6 Å². The Hall–Kier alpha value is -1.74. The first-order chi connectivity index (χ1) is 10.8. The van der Waals surface area contributed by atoms with E-state index in [4.69, 9.17) is 4.84 Å². The van der Waals surface area contributed by atoms with Crippen LogP contribution in [0.5, 0.6) is 0 Å². The number of benzene rings is 1. The predicted molar refractivity (Wildman–Crippen MR) is 88.1 cm³/mol. The minimum atomic E-state index is -3.54. The van der Waals surface area contributed by atoms with E-state index in [0.29, 0.717) is 5.69 Å². The van der Waals surface area contributed by atoms with Gasteiger partial charge in [0.05, 0.1) is 12.6 Å². The summed E-state index contributed by atoms with van der Waals surface area (Å²) in [5.41, 5.74) is 1.46.